The third-order valence-corrected chi connectivity index (χ3v) is 5.15. The van der Waals surface area contributed by atoms with Crippen LogP contribution in [0.25, 0.3) is 11.3 Å². The van der Waals surface area contributed by atoms with Crippen LogP contribution in [0.15, 0.2) is 24.4 Å². The van der Waals surface area contributed by atoms with Gasteiger partial charge >= 0.3 is 12.3 Å². The molecule has 32 heavy (non-hydrogen) atoms. The molecule has 1 aromatic heterocycles. The normalized spacial score (nSPS) is 13.6. The number of rotatable bonds is 12. The van der Waals surface area contributed by atoms with Gasteiger partial charge in [0.25, 0.3) is 0 Å². The van der Waals surface area contributed by atoms with Crippen LogP contribution in [0, 0.1) is 0 Å². The molecule has 1 heterocycles. The molecule has 0 aliphatic rings. The van der Waals surface area contributed by atoms with E-state index in [2.05, 4.69) is 22.2 Å². The summed E-state index contributed by atoms with van der Waals surface area (Å²) < 4.78 is 46.3. The van der Waals surface area contributed by atoms with Crippen molar-refractivity contribution in [1.29, 1.82) is 0 Å². The van der Waals surface area contributed by atoms with E-state index < -0.39 is 30.0 Å². The highest BCUT2D eigenvalue weighted by molar-refractivity contribution is 5.66. The highest BCUT2D eigenvalue weighted by atomic mass is 19.4. The number of aromatic amines is 1. The Morgan fingerprint density at radius 2 is 1.88 bits per heavy atom. The van der Waals surface area contributed by atoms with Crippen LogP contribution in [0.5, 0.6) is 5.75 Å². The molecule has 0 saturated heterocycles. The average Bonchev–Trinajstić information content (AvgIpc) is 3.23. The highest BCUT2D eigenvalue weighted by Crippen LogP contribution is 2.39. The number of imidazole rings is 1. The summed E-state index contributed by atoms with van der Waals surface area (Å²) >= 11 is 0. The fourth-order valence-corrected chi connectivity index (χ4v) is 3.27. The Bertz CT molecular complexity index is 886. The van der Waals surface area contributed by atoms with Crippen molar-refractivity contribution in [2.24, 2.45) is 0 Å². The monoisotopic (exact) mass is 457 g/mol. The van der Waals surface area contributed by atoms with Gasteiger partial charge < -0.3 is 25.3 Å². The Hall–Kier alpha value is -2.75. The number of carboxylic acid groups (broad SMARTS) is 1. The van der Waals surface area contributed by atoms with Gasteiger partial charge in [-0.15, -0.1) is 0 Å². The maximum Gasteiger partial charge on any atom is 0.419 e. The van der Waals surface area contributed by atoms with Crippen LogP contribution < -0.4 is 10.1 Å². The summed E-state index contributed by atoms with van der Waals surface area (Å²) in [5.41, 5.74) is -1.87. The Kier molecular flexibility index (Phi) is 8.94. The number of alkyl halides is 3. The summed E-state index contributed by atoms with van der Waals surface area (Å²) in [7, 11) is 0. The number of amides is 1. The molecule has 2 aromatic rings. The van der Waals surface area contributed by atoms with Gasteiger partial charge in [-0.1, -0.05) is 39.0 Å². The topological polar surface area (TPSA) is 107 Å². The van der Waals surface area contributed by atoms with Gasteiger partial charge in [0.2, 0.25) is 0 Å². The average molecular weight is 457 g/mol. The summed E-state index contributed by atoms with van der Waals surface area (Å²) in [6, 6.07) is 3.72. The van der Waals surface area contributed by atoms with Gasteiger partial charge in [0.1, 0.15) is 17.1 Å². The summed E-state index contributed by atoms with van der Waals surface area (Å²) in [4.78, 5) is 17.8. The molecule has 0 bridgehead atoms. The minimum atomic E-state index is -4.61. The van der Waals surface area contributed by atoms with Gasteiger partial charge in [-0.3, -0.25) is 0 Å². The number of hydrogen-bond donors (Lipinski definition) is 4. The van der Waals surface area contributed by atoms with Crippen molar-refractivity contribution in [2.45, 2.75) is 64.1 Å². The number of aliphatic hydroxyl groups is 1. The number of ether oxygens (including phenoxy) is 1. The predicted octanol–water partition coefficient (Wildman–Crippen LogP) is 5.31. The first-order valence-corrected chi connectivity index (χ1v) is 10.6. The summed E-state index contributed by atoms with van der Waals surface area (Å²) in [6.07, 6.45) is 1.33. The lowest BCUT2D eigenvalue weighted by molar-refractivity contribution is -0.138. The molecule has 1 unspecified atom stereocenters. The van der Waals surface area contributed by atoms with E-state index in [-0.39, 0.29) is 29.4 Å². The SMILES string of the molecule is CCCCCCCCOc1ccc(-c2cnc(C(C)(CO)NC(=O)O)[nH]2)cc1C(F)(F)F. The van der Waals surface area contributed by atoms with Gasteiger partial charge in [0.15, 0.2) is 0 Å². The first-order valence-electron chi connectivity index (χ1n) is 10.6. The number of benzene rings is 1. The minimum Gasteiger partial charge on any atom is -0.493 e. The largest absolute Gasteiger partial charge is 0.493 e. The maximum atomic E-state index is 13.6. The van der Waals surface area contributed by atoms with Gasteiger partial charge in [-0.25, -0.2) is 9.78 Å². The molecular formula is C22H30F3N3O4. The van der Waals surface area contributed by atoms with Crippen LogP contribution in [0.2, 0.25) is 0 Å². The van der Waals surface area contributed by atoms with E-state index in [1.807, 2.05) is 0 Å². The van der Waals surface area contributed by atoms with E-state index in [0.29, 0.717) is 6.42 Å². The predicted molar refractivity (Wildman–Crippen MR) is 113 cm³/mol. The van der Waals surface area contributed by atoms with Gasteiger partial charge in [-0.2, -0.15) is 13.2 Å². The van der Waals surface area contributed by atoms with Crippen molar-refractivity contribution in [3.8, 4) is 17.0 Å². The molecule has 0 spiro atoms. The Labute approximate surface area is 185 Å². The van der Waals surface area contributed by atoms with E-state index >= 15 is 0 Å². The molecule has 1 aromatic carbocycles. The van der Waals surface area contributed by atoms with Crippen LogP contribution in [0.3, 0.4) is 0 Å². The molecule has 10 heteroatoms. The number of hydrogen-bond acceptors (Lipinski definition) is 4. The second-order valence-corrected chi connectivity index (χ2v) is 7.89. The molecule has 0 saturated carbocycles. The number of aromatic nitrogens is 2. The Morgan fingerprint density at radius 3 is 2.50 bits per heavy atom. The third kappa shape index (κ3) is 6.88. The molecule has 1 amide bonds. The highest BCUT2D eigenvalue weighted by Gasteiger charge is 2.35. The number of nitrogens with one attached hydrogen (secondary N) is 2. The fraction of sp³-hybridized carbons (Fsp3) is 0.545. The van der Waals surface area contributed by atoms with Gasteiger partial charge in [0.05, 0.1) is 30.7 Å². The van der Waals surface area contributed by atoms with Gasteiger partial charge in [-0.05, 0) is 31.5 Å². The van der Waals surface area contributed by atoms with Crippen molar-refractivity contribution in [3.63, 3.8) is 0 Å². The third-order valence-electron chi connectivity index (χ3n) is 5.15. The Morgan fingerprint density at radius 1 is 1.19 bits per heavy atom. The van der Waals surface area contributed by atoms with Crippen molar-refractivity contribution >= 4 is 6.09 Å². The molecule has 2 rings (SSSR count). The van der Waals surface area contributed by atoms with Crippen LogP contribution in [0.4, 0.5) is 18.0 Å². The molecule has 0 radical (unpaired) electrons. The number of carbonyl (C=O) groups is 1. The van der Waals surface area contributed by atoms with E-state index in [1.54, 1.807) is 0 Å². The second kappa shape index (κ2) is 11.2. The van der Waals surface area contributed by atoms with E-state index in [1.165, 1.54) is 25.3 Å². The van der Waals surface area contributed by atoms with Crippen molar-refractivity contribution in [1.82, 2.24) is 15.3 Å². The summed E-state index contributed by atoms with van der Waals surface area (Å²) in [6.45, 7) is 3.14. The lowest BCUT2D eigenvalue weighted by Gasteiger charge is -2.24. The first-order chi connectivity index (χ1) is 15.1. The zero-order valence-corrected chi connectivity index (χ0v) is 18.3. The molecular weight excluding hydrogens is 427 g/mol. The molecule has 0 aliphatic carbocycles. The molecule has 178 valence electrons. The van der Waals surface area contributed by atoms with E-state index in [4.69, 9.17) is 9.84 Å². The minimum absolute atomic E-state index is 0.0781. The van der Waals surface area contributed by atoms with Gasteiger partial charge in [0, 0.05) is 5.56 Å². The van der Waals surface area contributed by atoms with Crippen LogP contribution in [0.1, 0.15) is 63.8 Å². The molecule has 4 N–H and O–H groups in total. The number of halogens is 3. The van der Waals surface area contributed by atoms with Crippen molar-refractivity contribution in [2.75, 3.05) is 13.2 Å². The number of H-pyrrole nitrogens is 1. The second-order valence-electron chi connectivity index (χ2n) is 7.89. The van der Waals surface area contributed by atoms with Crippen molar-refractivity contribution in [3.05, 3.63) is 35.8 Å². The molecule has 0 aliphatic heterocycles. The summed E-state index contributed by atoms with van der Waals surface area (Å²) in [5, 5.41) is 20.7. The van der Waals surface area contributed by atoms with Crippen LogP contribution in [-0.4, -0.2) is 39.5 Å². The van der Waals surface area contributed by atoms with E-state index in [9.17, 15) is 23.1 Å². The molecule has 1 atom stereocenters. The standard InChI is InChI=1S/C22H30F3N3O4/c1-3-4-5-6-7-8-11-32-18-10-9-15(12-16(18)22(23,24)25)17-13-26-19(27-17)21(2,14-29)28-20(30)31/h9-10,12-13,28-29H,3-8,11,14H2,1-2H3,(H,26,27)(H,30,31). The number of unbranched alkanes of at least 4 members (excludes halogenated alkanes) is 5. The summed E-state index contributed by atoms with van der Waals surface area (Å²) in [5.74, 6) is -0.156. The molecule has 7 nitrogen and oxygen atoms in total. The number of nitrogens with zero attached hydrogens (tertiary/aromatic N) is 1. The molecule has 0 fully saturated rings. The first kappa shape index (κ1) is 25.5. The fourth-order valence-electron chi connectivity index (χ4n) is 3.27. The quantitative estimate of drug-likeness (QED) is 0.323. The zero-order chi connectivity index (χ0) is 23.8. The van der Waals surface area contributed by atoms with E-state index in [0.717, 1.165) is 38.2 Å². The Balaban J connectivity index is 2.17. The lowest BCUT2D eigenvalue weighted by atomic mass is 10.0. The maximum absolute atomic E-state index is 13.6. The van der Waals surface area contributed by atoms with Crippen molar-refractivity contribution < 1.29 is 32.9 Å². The number of aliphatic hydroxyl groups excluding tert-OH is 1. The van der Waals surface area contributed by atoms with Crippen LogP contribution in [-0.2, 0) is 11.7 Å². The smallest absolute Gasteiger partial charge is 0.419 e. The zero-order valence-electron chi connectivity index (χ0n) is 18.3. The lowest BCUT2D eigenvalue weighted by Crippen LogP contribution is -2.46. The van der Waals surface area contributed by atoms with Crippen LogP contribution >= 0.6 is 0 Å².